The molecule has 0 fully saturated rings. The average molecular weight is 369 g/mol. The second-order valence-corrected chi connectivity index (χ2v) is 5.70. The molecule has 0 radical (unpaired) electrons. The monoisotopic (exact) mass is 368 g/mol. The zero-order valence-electron chi connectivity index (χ0n) is 12.2. The number of carbonyl (C=O) groups is 1. The molecule has 0 bridgehead atoms. The normalized spacial score (nSPS) is 10.0. The summed E-state index contributed by atoms with van der Waals surface area (Å²) < 4.78 is 5.02. The Labute approximate surface area is 149 Å². The van der Waals surface area contributed by atoms with E-state index < -0.39 is 5.97 Å². The van der Waals surface area contributed by atoms with E-state index in [9.17, 15) is 4.79 Å². The fourth-order valence-electron chi connectivity index (χ4n) is 1.84. The van der Waals surface area contributed by atoms with Crippen LogP contribution in [0.3, 0.4) is 0 Å². The molecule has 0 aliphatic rings. The van der Waals surface area contributed by atoms with Gasteiger partial charge in [0.2, 0.25) is 0 Å². The van der Waals surface area contributed by atoms with Gasteiger partial charge in [-0.15, -0.1) is 0 Å². The Kier molecular flexibility index (Phi) is 6.21. The van der Waals surface area contributed by atoms with E-state index in [4.69, 9.17) is 40.2 Å². The standard InChI is InChI=1S/C16H14Cl2N2O2S/c1-2-22-15(21)11-5-3-4-6-14(11)20-16(23)19-10-7-8-12(17)13(18)9-10/h3-9H,2H2,1H3,(H2,19,20,23). The van der Waals surface area contributed by atoms with Crippen molar-refractivity contribution in [3.05, 3.63) is 58.1 Å². The third-order valence-corrected chi connectivity index (χ3v) is 3.79. The van der Waals surface area contributed by atoms with Crippen LogP contribution in [0.25, 0.3) is 0 Å². The molecule has 0 heterocycles. The summed E-state index contributed by atoms with van der Waals surface area (Å²) in [6.07, 6.45) is 0. The first-order valence-corrected chi connectivity index (χ1v) is 7.97. The zero-order valence-corrected chi connectivity index (χ0v) is 14.6. The SMILES string of the molecule is CCOC(=O)c1ccccc1NC(=S)Nc1ccc(Cl)c(Cl)c1. The molecule has 7 heteroatoms. The van der Waals surface area contributed by atoms with Crippen molar-refractivity contribution in [1.29, 1.82) is 0 Å². The van der Waals surface area contributed by atoms with Gasteiger partial charge in [-0.05, 0) is 49.5 Å². The maximum Gasteiger partial charge on any atom is 0.340 e. The van der Waals surface area contributed by atoms with Crippen LogP contribution in [0.5, 0.6) is 0 Å². The summed E-state index contributed by atoms with van der Waals surface area (Å²) in [6, 6.07) is 12.0. The van der Waals surface area contributed by atoms with Gasteiger partial charge < -0.3 is 15.4 Å². The number of nitrogens with one attached hydrogen (secondary N) is 2. The molecule has 4 nitrogen and oxygen atoms in total. The fraction of sp³-hybridized carbons (Fsp3) is 0.125. The van der Waals surface area contributed by atoms with Gasteiger partial charge in [0.1, 0.15) is 0 Å². The Balaban J connectivity index is 2.11. The Morgan fingerprint density at radius 3 is 2.57 bits per heavy atom. The van der Waals surface area contributed by atoms with Crippen molar-refractivity contribution in [3.63, 3.8) is 0 Å². The number of rotatable bonds is 4. The maximum absolute atomic E-state index is 11.9. The van der Waals surface area contributed by atoms with Crippen LogP contribution in [0, 0.1) is 0 Å². The van der Waals surface area contributed by atoms with Gasteiger partial charge in [0.05, 0.1) is 27.9 Å². The van der Waals surface area contributed by atoms with E-state index in [2.05, 4.69) is 10.6 Å². The first kappa shape index (κ1) is 17.5. The third kappa shape index (κ3) is 4.82. The van der Waals surface area contributed by atoms with E-state index in [1.165, 1.54) is 0 Å². The summed E-state index contributed by atoms with van der Waals surface area (Å²) in [4.78, 5) is 11.9. The van der Waals surface area contributed by atoms with Crippen molar-refractivity contribution >= 4 is 57.9 Å². The molecule has 2 rings (SSSR count). The second kappa shape index (κ2) is 8.15. The summed E-state index contributed by atoms with van der Waals surface area (Å²) in [5.74, 6) is -0.409. The number of thiocarbonyl (C=S) groups is 1. The van der Waals surface area contributed by atoms with Gasteiger partial charge in [0.25, 0.3) is 0 Å². The average Bonchev–Trinajstić information content (AvgIpc) is 2.51. The smallest absolute Gasteiger partial charge is 0.340 e. The molecule has 2 aromatic carbocycles. The highest BCUT2D eigenvalue weighted by atomic mass is 35.5. The highest BCUT2D eigenvalue weighted by molar-refractivity contribution is 7.80. The van der Waals surface area contributed by atoms with Gasteiger partial charge in [0.15, 0.2) is 5.11 Å². The van der Waals surface area contributed by atoms with Crippen LogP contribution in [-0.2, 0) is 4.74 Å². The van der Waals surface area contributed by atoms with Gasteiger partial charge in [-0.25, -0.2) is 4.79 Å². The zero-order chi connectivity index (χ0) is 16.8. The van der Waals surface area contributed by atoms with Crippen LogP contribution in [-0.4, -0.2) is 17.7 Å². The molecule has 23 heavy (non-hydrogen) atoms. The number of anilines is 2. The summed E-state index contributed by atoms with van der Waals surface area (Å²) in [7, 11) is 0. The predicted molar refractivity (Wildman–Crippen MR) is 98.7 cm³/mol. The Bertz CT molecular complexity index is 738. The molecular formula is C16H14Cl2N2O2S. The van der Waals surface area contributed by atoms with Crippen molar-refractivity contribution in [1.82, 2.24) is 0 Å². The van der Waals surface area contributed by atoms with E-state index in [1.807, 2.05) is 0 Å². The minimum absolute atomic E-state index is 0.305. The fourth-order valence-corrected chi connectivity index (χ4v) is 2.36. The molecule has 0 aromatic heterocycles. The summed E-state index contributed by atoms with van der Waals surface area (Å²) in [5, 5.41) is 7.16. The predicted octanol–water partition coefficient (Wildman–Crippen LogP) is 4.98. The van der Waals surface area contributed by atoms with Crippen molar-refractivity contribution in [2.45, 2.75) is 6.92 Å². The van der Waals surface area contributed by atoms with Crippen LogP contribution >= 0.6 is 35.4 Å². The van der Waals surface area contributed by atoms with Crippen molar-refractivity contribution in [2.75, 3.05) is 17.2 Å². The Hall–Kier alpha value is -1.82. The molecule has 0 spiro atoms. The number of benzene rings is 2. The van der Waals surface area contributed by atoms with Crippen molar-refractivity contribution < 1.29 is 9.53 Å². The van der Waals surface area contributed by atoms with Gasteiger partial charge in [-0.3, -0.25) is 0 Å². The van der Waals surface area contributed by atoms with Crippen molar-refractivity contribution in [2.24, 2.45) is 0 Å². The Morgan fingerprint density at radius 2 is 1.87 bits per heavy atom. The van der Waals surface area contributed by atoms with E-state index in [-0.39, 0.29) is 0 Å². The molecule has 0 unspecified atom stereocenters. The number of para-hydroxylation sites is 1. The first-order chi connectivity index (χ1) is 11.0. The molecule has 0 saturated carbocycles. The van der Waals surface area contributed by atoms with Crippen LogP contribution in [0.2, 0.25) is 10.0 Å². The van der Waals surface area contributed by atoms with E-state index in [0.29, 0.717) is 38.7 Å². The molecule has 0 amide bonds. The molecule has 120 valence electrons. The van der Waals surface area contributed by atoms with Crippen LogP contribution in [0.1, 0.15) is 17.3 Å². The van der Waals surface area contributed by atoms with Crippen LogP contribution in [0.15, 0.2) is 42.5 Å². The summed E-state index contributed by atoms with van der Waals surface area (Å²) in [6.45, 7) is 2.06. The van der Waals surface area contributed by atoms with E-state index in [1.54, 1.807) is 49.4 Å². The summed E-state index contributed by atoms with van der Waals surface area (Å²) >= 11 is 17.1. The highest BCUT2D eigenvalue weighted by Gasteiger charge is 2.12. The largest absolute Gasteiger partial charge is 0.462 e. The van der Waals surface area contributed by atoms with E-state index >= 15 is 0 Å². The quantitative estimate of drug-likeness (QED) is 0.588. The lowest BCUT2D eigenvalue weighted by atomic mass is 10.2. The number of carbonyl (C=O) groups excluding carboxylic acids is 1. The number of hydrogen-bond donors (Lipinski definition) is 2. The van der Waals surface area contributed by atoms with Gasteiger partial charge in [0, 0.05) is 5.69 Å². The second-order valence-electron chi connectivity index (χ2n) is 4.47. The van der Waals surface area contributed by atoms with Gasteiger partial charge in [-0.2, -0.15) is 0 Å². The molecular weight excluding hydrogens is 355 g/mol. The topological polar surface area (TPSA) is 50.4 Å². The minimum Gasteiger partial charge on any atom is -0.462 e. The van der Waals surface area contributed by atoms with Gasteiger partial charge >= 0.3 is 5.97 Å². The van der Waals surface area contributed by atoms with E-state index in [0.717, 1.165) is 0 Å². The molecule has 0 aliphatic heterocycles. The third-order valence-electron chi connectivity index (χ3n) is 2.85. The molecule has 0 saturated heterocycles. The maximum atomic E-state index is 11.9. The molecule has 2 aromatic rings. The minimum atomic E-state index is -0.409. The lowest BCUT2D eigenvalue weighted by Gasteiger charge is -2.13. The number of esters is 1. The molecule has 0 aliphatic carbocycles. The molecule has 2 N–H and O–H groups in total. The lowest BCUT2D eigenvalue weighted by molar-refractivity contribution is 0.0527. The van der Waals surface area contributed by atoms with Gasteiger partial charge in [-0.1, -0.05) is 35.3 Å². The summed E-state index contributed by atoms with van der Waals surface area (Å²) in [5.41, 5.74) is 1.65. The Morgan fingerprint density at radius 1 is 1.13 bits per heavy atom. The number of hydrogen-bond acceptors (Lipinski definition) is 3. The van der Waals surface area contributed by atoms with Crippen molar-refractivity contribution in [3.8, 4) is 0 Å². The number of halogens is 2. The highest BCUT2D eigenvalue weighted by Crippen LogP contribution is 2.25. The molecule has 0 atom stereocenters. The first-order valence-electron chi connectivity index (χ1n) is 6.80. The number of ether oxygens (including phenoxy) is 1. The lowest BCUT2D eigenvalue weighted by Crippen LogP contribution is -2.21. The van der Waals surface area contributed by atoms with Crippen LogP contribution in [0.4, 0.5) is 11.4 Å². The van der Waals surface area contributed by atoms with Crippen LogP contribution < -0.4 is 10.6 Å².